The number of unbranched alkanes of at least 4 members (excludes halogenated alkanes) is 1. The molecule has 13 nitrogen and oxygen atoms in total. The Morgan fingerprint density at radius 2 is 1.89 bits per heavy atom. The number of aliphatic hydroxyl groups excluding tert-OH is 3. The van der Waals surface area contributed by atoms with Gasteiger partial charge in [0.15, 0.2) is 35.3 Å². The molecule has 0 bridgehead atoms. The summed E-state index contributed by atoms with van der Waals surface area (Å²) < 4.78 is 12.4. The van der Waals surface area contributed by atoms with Crippen molar-refractivity contribution in [1.82, 2.24) is 16.0 Å². The topological polar surface area (TPSA) is 212 Å². The lowest BCUT2D eigenvalue weighted by Crippen LogP contribution is -2.49. The maximum Gasteiger partial charge on any atom is 0.189 e. The quantitative estimate of drug-likeness (QED) is 0.0247. The van der Waals surface area contributed by atoms with Gasteiger partial charge in [-0.25, -0.2) is 0 Å². The van der Waals surface area contributed by atoms with Crippen molar-refractivity contribution >= 4 is 11.7 Å². The van der Waals surface area contributed by atoms with Crippen LogP contribution in [0.25, 0.3) is 0 Å². The number of rotatable bonds is 27. The second-order valence-corrected chi connectivity index (χ2v) is 18.3. The molecular formula is C48H79N7O6. The number of ether oxygens (including phenoxy) is 2. The first-order chi connectivity index (χ1) is 29.5. The molecule has 2 saturated carbocycles. The van der Waals surface area contributed by atoms with Crippen LogP contribution < -0.4 is 32.2 Å². The number of aliphatic imine (C=N–C) groups is 2. The largest absolute Gasteiger partial charge is 0.592 e. The maximum absolute atomic E-state index is 11.4. The van der Waals surface area contributed by atoms with E-state index in [2.05, 4.69) is 33.9 Å². The normalized spacial score (nSPS) is 23.9. The summed E-state index contributed by atoms with van der Waals surface area (Å²) >= 11 is 0. The minimum absolute atomic E-state index is 0.0185. The van der Waals surface area contributed by atoms with E-state index in [4.69, 9.17) is 25.9 Å². The fraction of sp³-hybridized carbons (Fsp3) is 0.708. The van der Waals surface area contributed by atoms with Crippen molar-refractivity contribution in [2.45, 2.75) is 135 Å². The van der Waals surface area contributed by atoms with Gasteiger partial charge in [-0.15, -0.1) is 4.99 Å². The van der Waals surface area contributed by atoms with Gasteiger partial charge in [0, 0.05) is 51.9 Å². The summed E-state index contributed by atoms with van der Waals surface area (Å²) in [4.78, 5) is 8.96. The summed E-state index contributed by atoms with van der Waals surface area (Å²) in [6, 6.07) is 6.09. The van der Waals surface area contributed by atoms with E-state index in [1.54, 1.807) is 13.1 Å². The van der Waals surface area contributed by atoms with Crippen molar-refractivity contribution < 1.29 is 29.9 Å². The molecule has 2 aliphatic carbocycles. The third-order valence-corrected chi connectivity index (χ3v) is 13.5. The number of nitrogens with zero attached hydrogens (tertiary/aromatic N) is 2. The summed E-state index contributed by atoms with van der Waals surface area (Å²) in [5.41, 5.74) is 15.0. The van der Waals surface area contributed by atoms with Gasteiger partial charge in [-0.2, -0.15) is 12.0 Å². The summed E-state index contributed by atoms with van der Waals surface area (Å²) in [5, 5.41) is 52.6. The van der Waals surface area contributed by atoms with Gasteiger partial charge in [0.2, 0.25) is 0 Å². The summed E-state index contributed by atoms with van der Waals surface area (Å²) in [6.07, 6.45) is 18.3. The fourth-order valence-corrected chi connectivity index (χ4v) is 10.1. The zero-order valence-corrected chi connectivity index (χ0v) is 37.6. The van der Waals surface area contributed by atoms with Crippen LogP contribution in [0.3, 0.4) is 0 Å². The van der Waals surface area contributed by atoms with E-state index in [1.807, 2.05) is 32.2 Å². The lowest BCUT2D eigenvalue weighted by molar-refractivity contribution is 0.120. The number of guanidine groups is 1. The number of hydrogen-bond donors (Lipinski definition) is 9. The molecule has 2 heterocycles. The van der Waals surface area contributed by atoms with E-state index in [9.17, 15) is 20.4 Å². The molecule has 13 heteroatoms. The van der Waals surface area contributed by atoms with Crippen LogP contribution in [0.5, 0.6) is 11.5 Å². The van der Waals surface area contributed by atoms with Crippen LogP contribution in [0.2, 0.25) is 0 Å². The van der Waals surface area contributed by atoms with Crippen molar-refractivity contribution in [2.75, 3.05) is 53.5 Å². The molecular weight excluding hydrogens is 771 g/mol. The minimum atomic E-state index is -0.959. The third-order valence-electron chi connectivity index (χ3n) is 13.5. The van der Waals surface area contributed by atoms with Gasteiger partial charge in [-0.05, 0) is 100 Å². The third kappa shape index (κ3) is 14.5. The van der Waals surface area contributed by atoms with Crippen LogP contribution in [0, 0.1) is 41.5 Å². The predicted octanol–water partition coefficient (Wildman–Crippen LogP) is 5.08. The van der Waals surface area contributed by atoms with Crippen LogP contribution in [-0.4, -0.2) is 110 Å². The number of allylic oxidation sites excluding steroid dienone is 1. The standard InChI is InChI=1S/C48H79N7O6/c1-31(26-54-48(50)52-4)9-7-11-33(21-22-49)10-5-6-14-45-36(29-56)24-37(61-45)18-15-34-16-20-43(58)46(23-34)60-30-44(59)41-25-39-40(55-41)19-17-35-12-8-13-38(35)47(39)42(28-51-3)53-27-32(2)57/h16,20,23-25,31-33,35,38,42,44-45,47,51,53,56-59H,5-15,17-19,21-22,26-30,49H2,1-4H3,(H3,50,52,54)/t31-,32-,33-,35+,38-,42-,44-,45?,47-/m0/s1. The SMILES string of the molecule is CN=C(N)NC[C@@H](C)CCC[C@@H](CCN)CCCCC1OC(CCc2ccc(O)c(OC[C@H](O)[C+]3C=C4C(=N3)CC[C@H]3CCC[C@@H]3[C@@H]4[C@H](CNC)NC[C@H](C)O)c2)=C[C-]1CO. The van der Waals surface area contributed by atoms with Crippen molar-refractivity contribution in [2.24, 2.45) is 51.0 Å². The number of nitrogens with two attached hydrogens (primary N) is 2. The molecule has 342 valence electrons. The number of aromatic hydroxyl groups is 1. The van der Waals surface area contributed by atoms with Crippen LogP contribution in [0.4, 0.5) is 0 Å². The Morgan fingerprint density at radius 3 is 2.64 bits per heavy atom. The Labute approximate surface area is 366 Å². The van der Waals surface area contributed by atoms with Crippen molar-refractivity contribution in [3.8, 4) is 11.5 Å². The molecule has 0 spiro atoms. The predicted molar refractivity (Wildman–Crippen MR) is 245 cm³/mol. The summed E-state index contributed by atoms with van der Waals surface area (Å²) in [6.45, 7) is 6.83. The van der Waals surface area contributed by atoms with Gasteiger partial charge >= 0.3 is 0 Å². The molecule has 0 saturated heterocycles. The monoisotopic (exact) mass is 850 g/mol. The molecule has 0 aromatic heterocycles. The zero-order valence-electron chi connectivity index (χ0n) is 37.6. The number of aryl methyl sites for hydroxylation is 1. The van der Waals surface area contributed by atoms with Crippen molar-refractivity contribution in [3.05, 3.63) is 59.2 Å². The number of likely N-dealkylation sites (N-methyl/N-ethyl adjacent to an activating group) is 1. The number of phenolic OH excluding ortho intramolecular Hbond substituents is 1. The van der Waals surface area contributed by atoms with Gasteiger partial charge in [0.25, 0.3) is 0 Å². The highest BCUT2D eigenvalue weighted by Crippen LogP contribution is 2.49. The number of nitrogens with one attached hydrogen (secondary N) is 3. The van der Waals surface area contributed by atoms with Gasteiger partial charge in [-0.3, -0.25) is 4.99 Å². The van der Waals surface area contributed by atoms with E-state index in [1.165, 1.54) is 37.7 Å². The second kappa shape index (κ2) is 25.0. The van der Waals surface area contributed by atoms with E-state index in [-0.39, 0.29) is 37.0 Å². The molecule has 1 aromatic rings. The van der Waals surface area contributed by atoms with E-state index >= 15 is 0 Å². The smallest absolute Gasteiger partial charge is 0.189 e. The average molecular weight is 850 g/mol. The molecule has 1 unspecified atom stereocenters. The van der Waals surface area contributed by atoms with Crippen molar-refractivity contribution in [1.29, 1.82) is 0 Å². The van der Waals surface area contributed by atoms with E-state index in [0.29, 0.717) is 67.4 Å². The Kier molecular flexibility index (Phi) is 19.9. The lowest BCUT2D eigenvalue weighted by Gasteiger charge is -2.32. The Hall–Kier alpha value is -3.46. The summed E-state index contributed by atoms with van der Waals surface area (Å²) in [5.74, 6) is 5.19. The first-order valence-electron chi connectivity index (χ1n) is 23.4. The summed E-state index contributed by atoms with van der Waals surface area (Å²) in [7, 11) is 3.66. The molecule has 5 rings (SSSR count). The van der Waals surface area contributed by atoms with E-state index in [0.717, 1.165) is 87.4 Å². The Balaban J connectivity index is 1.08. The number of fused-ring (bicyclic) bond motifs is 2. The number of benzene rings is 1. The van der Waals surface area contributed by atoms with Gasteiger partial charge in [-0.1, -0.05) is 70.1 Å². The average Bonchev–Trinajstić information content (AvgIpc) is 3.99. The molecule has 2 fully saturated rings. The molecule has 4 aliphatic rings. The number of hydrogen-bond acceptors (Lipinski definition) is 11. The van der Waals surface area contributed by atoms with Gasteiger partial charge in [0.1, 0.15) is 12.2 Å². The van der Waals surface area contributed by atoms with Gasteiger partial charge in [0.05, 0.1) is 18.1 Å². The molecule has 9 atom stereocenters. The molecule has 2 aliphatic heterocycles. The van der Waals surface area contributed by atoms with Crippen molar-refractivity contribution in [3.63, 3.8) is 0 Å². The fourth-order valence-electron chi connectivity index (χ4n) is 10.1. The molecule has 0 radical (unpaired) electrons. The van der Waals surface area contributed by atoms with Crippen LogP contribution in [0.15, 0.2) is 51.7 Å². The van der Waals surface area contributed by atoms with Crippen LogP contribution in [0.1, 0.15) is 109 Å². The van der Waals surface area contributed by atoms with E-state index < -0.39 is 12.2 Å². The molecule has 61 heavy (non-hydrogen) atoms. The number of aliphatic hydroxyl groups is 3. The second-order valence-electron chi connectivity index (χ2n) is 18.3. The Bertz CT molecular complexity index is 1600. The highest BCUT2D eigenvalue weighted by molar-refractivity contribution is 6.04. The molecule has 1 aromatic carbocycles. The van der Waals surface area contributed by atoms with Crippen LogP contribution in [-0.2, 0) is 11.2 Å². The lowest BCUT2D eigenvalue weighted by atomic mass is 9.75. The maximum atomic E-state index is 11.4. The minimum Gasteiger partial charge on any atom is -0.592 e. The first kappa shape index (κ1) is 48.6. The van der Waals surface area contributed by atoms with Crippen LogP contribution >= 0.6 is 0 Å². The Morgan fingerprint density at radius 1 is 1.07 bits per heavy atom. The highest BCUT2D eigenvalue weighted by atomic mass is 16.5. The molecule has 11 N–H and O–H groups in total. The number of phenols is 1. The zero-order chi connectivity index (χ0) is 43.7. The van der Waals surface area contributed by atoms with Gasteiger partial charge < -0.3 is 57.3 Å². The first-order valence-corrected chi connectivity index (χ1v) is 23.4. The highest BCUT2D eigenvalue weighted by Gasteiger charge is 2.50. The molecule has 0 amide bonds.